The maximum atomic E-state index is 12.0. The van der Waals surface area contributed by atoms with Gasteiger partial charge in [0.05, 0.1) is 18.2 Å². The lowest BCUT2D eigenvalue weighted by atomic mass is 10.0. The van der Waals surface area contributed by atoms with E-state index in [9.17, 15) is 4.79 Å². The summed E-state index contributed by atoms with van der Waals surface area (Å²) in [6.45, 7) is 2.79. The third-order valence-electron chi connectivity index (χ3n) is 2.47. The van der Waals surface area contributed by atoms with Crippen LogP contribution >= 0.6 is 0 Å². The first-order valence-corrected chi connectivity index (χ1v) is 5.71. The molecule has 1 aromatic carbocycles. The van der Waals surface area contributed by atoms with Gasteiger partial charge in [-0.1, -0.05) is 19.1 Å². The van der Waals surface area contributed by atoms with Crippen molar-refractivity contribution >= 4 is 5.78 Å². The molecule has 1 rings (SSSR count). The number of rotatable bonds is 7. The molecule has 1 aromatic rings. The predicted molar refractivity (Wildman–Crippen MR) is 66.4 cm³/mol. The van der Waals surface area contributed by atoms with E-state index in [1.54, 1.807) is 25.3 Å². The Hall–Kier alpha value is -1.39. The topological polar surface area (TPSA) is 61.6 Å². The quantitative estimate of drug-likeness (QED) is 0.578. The summed E-state index contributed by atoms with van der Waals surface area (Å²) >= 11 is 0. The molecule has 4 heteroatoms. The van der Waals surface area contributed by atoms with E-state index >= 15 is 0 Å². The normalized spacial score (nSPS) is 12.2. The van der Waals surface area contributed by atoms with Crippen LogP contribution < -0.4 is 10.5 Å². The van der Waals surface area contributed by atoms with Gasteiger partial charge in [-0.15, -0.1) is 0 Å². The first-order chi connectivity index (χ1) is 8.20. The number of carbonyl (C=O) groups is 1. The average Bonchev–Trinajstić information content (AvgIpc) is 2.38. The van der Waals surface area contributed by atoms with Crippen molar-refractivity contribution in [2.24, 2.45) is 5.73 Å². The summed E-state index contributed by atoms with van der Waals surface area (Å²) in [5.74, 6) is 0.485. The standard InChI is InChI=1S/C13H19NO3/c1-3-11(14)13(15)10-6-4-5-7-12(10)17-9-8-16-2/h4-7,11H,3,8-9,14H2,1-2H3. The molecule has 94 valence electrons. The van der Waals surface area contributed by atoms with Crippen molar-refractivity contribution in [3.8, 4) is 5.75 Å². The fraction of sp³-hybridized carbons (Fsp3) is 0.462. The molecular weight excluding hydrogens is 218 g/mol. The third-order valence-corrected chi connectivity index (χ3v) is 2.47. The van der Waals surface area contributed by atoms with Crippen molar-refractivity contribution in [1.29, 1.82) is 0 Å². The molecule has 0 saturated heterocycles. The molecule has 1 unspecified atom stereocenters. The summed E-state index contributed by atoms with van der Waals surface area (Å²) in [5.41, 5.74) is 6.28. The highest BCUT2D eigenvalue weighted by Crippen LogP contribution is 2.19. The van der Waals surface area contributed by atoms with Crippen molar-refractivity contribution in [3.05, 3.63) is 29.8 Å². The van der Waals surface area contributed by atoms with E-state index in [4.69, 9.17) is 15.2 Å². The maximum absolute atomic E-state index is 12.0. The number of methoxy groups -OCH3 is 1. The van der Waals surface area contributed by atoms with Crippen LogP contribution in [0.3, 0.4) is 0 Å². The molecule has 17 heavy (non-hydrogen) atoms. The first kappa shape index (κ1) is 13.7. The van der Waals surface area contributed by atoms with Crippen molar-refractivity contribution < 1.29 is 14.3 Å². The molecule has 0 spiro atoms. The van der Waals surface area contributed by atoms with Gasteiger partial charge in [0, 0.05) is 7.11 Å². The van der Waals surface area contributed by atoms with Crippen molar-refractivity contribution in [1.82, 2.24) is 0 Å². The first-order valence-electron chi connectivity index (χ1n) is 5.71. The molecule has 0 aliphatic carbocycles. The molecule has 0 radical (unpaired) electrons. The van der Waals surface area contributed by atoms with Crippen LogP contribution in [-0.4, -0.2) is 32.1 Å². The van der Waals surface area contributed by atoms with Gasteiger partial charge in [0.15, 0.2) is 5.78 Å². The van der Waals surface area contributed by atoms with E-state index in [0.29, 0.717) is 30.9 Å². The highest BCUT2D eigenvalue weighted by molar-refractivity contribution is 6.02. The molecule has 0 amide bonds. The summed E-state index contributed by atoms with van der Waals surface area (Å²) in [6, 6.07) is 6.67. The fourth-order valence-electron chi connectivity index (χ4n) is 1.42. The second kappa shape index (κ2) is 7.04. The lowest BCUT2D eigenvalue weighted by Crippen LogP contribution is -2.30. The lowest BCUT2D eigenvalue weighted by Gasteiger charge is -2.13. The van der Waals surface area contributed by atoms with Crippen LogP contribution in [0.2, 0.25) is 0 Å². The van der Waals surface area contributed by atoms with Gasteiger partial charge in [-0.25, -0.2) is 0 Å². The van der Waals surface area contributed by atoms with Gasteiger partial charge in [-0.05, 0) is 18.6 Å². The number of carbonyl (C=O) groups excluding carboxylic acids is 1. The number of para-hydroxylation sites is 1. The van der Waals surface area contributed by atoms with Crippen LogP contribution in [0.25, 0.3) is 0 Å². The second-order valence-electron chi connectivity index (χ2n) is 3.72. The number of hydrogen-bond acceptors (Lipinski definition) is 4. The monoisotopic (exact) mass is 237 g/mol. The minimum Gasteiger partial charge on any atom is -0.490 e. The molecule has 0 aromatic heterocycles. The maximum Gasteiger partial charge on any atom is 0.183 e. The zero-order valence-corrected chi connectivity index (χ0v) is 10.3. The van der Waals surface area contributed by atoms with E-state index in [1.165, 1.54) is 0 Å². The fourth-order valence-corrected chi connectivity index (χ4v) is 1.42. The van der Waals surface area contributed by atoms with E-state index in [1.807, 2.05) is 13.0 Å². The molecule has 0 aliphatic rings. The Bertz CT molecular complexity index is 365. The molecule has 4 nitrogen and oxygen atoms in total. The summed E-state index contributed by atoms with van der Waals surface area (Å²) in [6.07, 6.45) is 0.616. The SMILES string of the molecule is CCC(N)C(=O)c1ccccc1OCCOC. The van der Waals surface area contributed by atoms with Gasteiger partial charge in [-0.3, -0.25) is 4.79 Å². The lowest BCUT2D eigenvalue weighted by molar-refractivity contribution is 0.0951. The predicted octanol–water partition coefficient (Wildman–Crippen LogP) is 1.63. The largest absolute Gasteiger partial charge is 0.490 e. The number of nitrogens with two attached hydrogens (primary N) is 1. The van der Waals surface area contributed by atoms with E-state index in [-0.39, 0.29) is 5.78 Å². The molecular formula is C13H19NO3. The van der Waals surface area contributed by atoms with Crippen LogP contribution in [0.4, 0.5) is 0 Å². The number of ketones is 1. The van der Waals surface area contributed by atoms with E-state index < -0.39 is 6.04 Å². The van der Waals surface area contributed by atoms with Gasteiger partial charge >= 0.3 is 0 Å². The number of Topliss-reactive ketones (excluding diaryl/α,β-unsaturated/α-hetero) is 1. The van der Waals surface area contributed by atoms with Gasteiger partial charge in [0.1, 0.15) is 12.4 Å². The summed E-state index contributed by atoms with van der Waals surface area (Å²) in [7, 11) is 1.60. The molecule has 0 aliphatic heterocycles. The Morgan fingerprint density at radius 2 is 2.06 bits per heavy atom. The number of ether oxygens (including phenoxy) is 2. The molecule has 0 heterocycles. The number of benzene rings is 1. The summed E-state index contributed by atoms with van der Waals surface area (Å²) in [4.78, 5) is 12.0. The summed E-state index contributed by atoms with van der Waals surface area (Å²) < 4.78 is 10.4. The highest BCUT2D eigenvalue weighted by atomic mass is 16.5. The minimum absolute atomic E-state index is 0.0829. The highest BCUT2D eigenvalue weighted by Gasteiger charge is 2.17. The zero-order chi connectivity index (χ0) is 12.7. The Morgan fingerprint density at radius 1 is 1.35 bits per heavy atom. The molecule has 1 atom stereocenters. The molecule has 0 bridgehead atoms. The third kappa shape index (κ3) is 3.84. The Balaban J connectivity index is 2.80. The van der Waals surface area contributed by atoms with E-state index in [0.717, 1.165) is 0 Å². The van der Waals surface area contributed by atoms with E-state index in [2.05, 4.69) is 0 Å². The minimum atomic E-state index is -0.470. The Kier molecular flexibility index (Phi) is 5.66. The number of hydrogen-bond donors (Lipinski definition) is 1. The van der Waals surface area contributed by atoms with Crippen LogP contribution in [0, 0.1) is 0 Å². The smallest absolute Gasteiger partial charge is 0.183 e. The van der Waals surface area contributed by atoms with Crippen LogP contribution in [0.5, 0.6) is 5.75 Å². The van der Waals surface area contributed by atoms with Crippen LogP contribution in [0.15, 0.2) is 24.3 Å². The van der Waals surface area contributed by atoms with Crippen LogP contribution in [-0.2, 0) is 4.74 Å². The molecule has 0 fully saturated rings. The second-order valence-corrected chi connectivity index (χ2v) is 3.72. The summed E-state index contributed by atoms with van der Waals surface area (Å²) in [5, 5.41) is 0. The average molecular weight is 237 g/mol. The van der Waals surface area contributed by atoms with Gasteiger partial charge in [0.2, 0.25) is 0 Å². The van der Waals surface area contributed by atoms with Gasteiger partial charge < -0.3 is 15.2 Å². The Morgan fingerprint density at radius 3 is 2.71 bits per heavy atom. The van der Waals surface area contributed by atoms with Gasteiger partial charge in [0.25, 0.3) is 0 Å². The van der Waals surface area contributed by atoms with Crippen LogP contribution in [0.1, 0.15) is 23.7 Å². The zero-order valence-electron chi connectivity index (χ0n) is 10.3. The van der Waals surface area contributed by atoms with Crippen molar-refractivity contribution in [2.45, 2.75) is 19.4 Å². The van der Waals surface area contributed by atoms with Gasteiger partial charge in [-0.2, -0.15) is 0 Å². The Labute approximate surface area is 102 Å². The molecule has 0 saturated carbocycles. The van der Waals surface area contributed by atoms with Crippen molar-refractivity contribution in [3.63, 3.8) is 0 Å². The molecule has 2 N–H and O–H groups in total. The van der Waals surface area contributed by atoms with Crippen molar-refractivity contribution in [2.75, 3.05) is 20.3 Å².